The number of hydrogen-bond acceptors (Lipinski definition) is 5. The molecule has 32 heavy (non-hydrogen) atoms. The van der Waals surface area contributed by atoms with E-state index in [-0.39, 0.29) is 0 Å². The molecule has 1 aromatic heterocycles. The first kappa shape index (κ1) is 19.9. The number of benzene rings is 2. The van der Waals surface area contributed by atoms with E-state index in [1.165, 1.54) is 57.7 Å². The van der Waals surface area contributed by atoms with Crippen molar-refractivity contribution in [2.45, 2.75) is 30.8 Å². The van der Waals surface area contributed by atoms with Crippen LogP contribution in [0, 0.1) is 0 Å². The zero-order chi connectivity index (χ0) is 21.7. The average molecular weight is 431 g/mol. The third-order valence-electron chi connectivity index (χ3n) is 7.64. The smallest absolute Gasteiger partial charge is 0.250 e. The minimum absolute atomic E-state index is 0.447. The molecular formula is C25H30N6O. The van der Waals surface area contributed by atoms with Crippen LogP contribution in [0.2, 0.25) is 0 Å². The van der Waals surface area contributed by atoms with Crippen molar-refractivity contribution in [3.8, 4) is 5.69 Å². The maximum Gasteiger partial charge on any atom is 0.250 e. The van der Waals surface area contributed by atoms with Gasteiger partial charge < -0.3 is 11.1 Å². The lowest BCUT2D eigenvalue weighted by Gasteiger charge is -2.52. The van der Waals surface area contributed by atoms with E-state index in [1.807, 2.05) is 23.0 Å². The van der Waals surface area contributed by atoms with Crippen LogP contribution in [0.1, 0.15) is 34.7 Å². The van der Waals surface area contributed by atoms with E-state index in [9.17, 15) is 4.79 Å². The molecule has 0 bridgehead atoms. The predicted octanol–water partition coefficient (Wildman–Crippen LogP) is 1.96. The Morgan fingerprint density at radius 3 is 2.38 bits per heavy atom. The maximum absolute atomic E-state index is 11.7. The second kappa shape index (κ2) is 7.99. The summed E-state index contributed by atoms with van der Waals surface area (Å²) in [6.45, 7) is 7.25. The molecular weight excluding hydrogens is 400 g/mol. The third kappa shape index (κ3) is 3.50. The quantitative estimate of drug-likeness (QED) is 0.647. The van der Waals surface area contributed by atoms with Gasteiger partial charge in [-0.3, -0.25) is 14.6 Å². The van der Waals surface area contributed by atoms with E-state index in [2.05, 4.69) is 44.5 Å². The molecule has 7 heteroatoms. The predicted molar refractivity (Wildman–Crippen MR) is 125 cm³/mol. The molecule has 3 saturated heterocycles. The maximum atomic E-state index is 11.7. The normalized spacial score (nSPS) is 21.5. The lowest BCUT2D eigenvalue weighted by molar-refractivity contribution is -0.0187. The van der Waals surface area contributed by atoms with Gasteiger partial charge in [-0.05, 0) is 55.6 Å². The van der Waals surface area contributed by atoms with E-state index in [4.69, 9.17) is 5.73 Å². The zero-order valence-corrected chi connectivity index (χ0v) is 18.3. The van der Waals surface area contributed by atoms with Gasteiger partial charge in [0, 0.05) is 49.8 Å². The molecule has 0 aliphatic carbocycles. The van der Waals surface area contributed by atoms with Gasteiger partial charge in [0.15, 0.2) is 0 Å². The number of rotatable bonds is 5. The van der Waals surface area contributed by atoms with Gasteiger partial charge >= 0.3 is 0 Å². The van der Waals surface area contributed by atoms with Crippen LogP contribution in [-0.4, -0.2) is 76.8 Å². The Morgan fingerprint density at radius 2 is 1.72 bits per heavy atom. The van der Waals surface area contributed by atoms with Crippen LogP contribution in [0.25, 0.3) is 16.6 Å². The van der Waals surface area contributed by atoms with E-state index in [0.29, 0.717) is 17.0 Å². The Hall–Kier alpha value is -2.74. The number of likely N-dealkylation sites (tertiary alicyclic amines) is 2. The number of nitrogens with zero attached hydrogens (tertiary/aromatic N) is 4. The van der Waals surface area contributed by atoms with Gasteiger partial charge in [-0.15, -0.1) is 0 Å². The highest BCUT2D eigenvalue weighted by atomic mass is 16.1. The summed E-state index contributed by atoms with van der Waals surface area (Å²) in [6.07, 6.45) is 4.42. The number of carbonyl (C=O) groups is 1. The summed E-state index contributed by atoms with van der Waals surface area (Å²) in [5, 5.41) is 8.92. The van der Waals surface area contributed by atoms with Crippen LogP contribution in [0.5, 0.6) is 0 Å². The van der Waals surface area contributed by atoms with Crippen LogP contribution < -0.4 is 11.1 Å². The first-order chi connectivity index (χ1) is 15.7. The van der Waals surface area contributed by atoms with E-state index in [1.54, 1.807) is 6.07 Å². The van der Waals surface area contributed by atoms with Crippen molar-refractivity contribution in [3.05, 3.63) is 59.8 Å². The minimum atomic E-state index is -0.447. The van der Waals surface area contributed by atoms with Gasteiger partial charge in [0.05, 0.1) is 11.3 Å². The highest BCUT2D eigenvalue weighted by Gasteiger charge is 2.38. The standard InChI is InChI=1S/C25H30N6O/c26-25(32)23-3-1-2-19-14-31(28-24(19)23)20-6-4-17(5-7-20)18-8-10-29(11-9-18)22-15-30(16-22)21-12-27-13-21/h1-7,14,18,21-22,27H,8-13,15-16H2,(H2,26,32). The number of amides is 1. The van der Waals surface area contributed by atoms with E-state index >= 15 is 0 Å². The van der Waals surface area contributed by atoms with Crippen molar-refractivity contribution in [3.63, 3.8) is 0 Å². The third-order valence-corrected chi connectivity index (χ3v) is 7.64. The van der Waals surface area contributed by atoms with Gasteiger partial charge in [0.25, 0.3) is 5.91 Å². The number of fused-ring (bicyclic) bond motifs is 1. The van der Waals surface area contributed by atoms with Crippen LogP contribution >= 0.6 is 0 Å². The Labute approximate surface area is 188 Å². The van der Waals surface area contributed by atoms with Gasteiger partial charge in [-0.25, -0.2) is 4.68 Å². The highest BCUT2D eigenvalue weighted by Crippen LogP contribution is 2.31. The number of aromatic nitrogens is 2. The van der Waals surface area contributed by atoms with Crippen LogP contribution in [-0.2, 0) is 0 Å². The van der Waals surface area contributed by atoms with Gasteiger partial charge in [-0.1, -0.05) is 24.3 Å². The van der Waals surface area contributed by atoms with Gasteiger partial charge in [-0.2, -0.15) is 5.10 Å². The van der Waals surface area contributed by atoms with Crippen LogP contribution in [0.15, 0.2) is 48.7 Å². The number of piperidine rings is 1. The van der Waals surface area contributed by atoms with Crippen LogP contribution in [0.3, 0.4) is 0 Å². The van der Waals surface area contributed by atoms with Crippen LogP contribution in [0.4, 0.5) is 0 Å². The van der Waals surface area contributed by atoms with E-state index in [0.717, 1.165) is 23.2 Å². The average Bonchev–Trinajstić information content (AvgIpc) is 3.19. The summed E-state index contributed by atoms with van der Waals surface area (Å²) in [6, 6.07) is 15.8. The van der Waals surface area contributed by atoms with Gasteiger partial charge in [0.1, 0.15) is 5.52 Å². The molecule has 3 N–H and O–H groups in total. The first-order valence-corrected chi connectivity index (χ1v) is 11.7. The number of hydrogen-bond donors (Lipinski definition) is 2. The number of nitrogens with one attached hydrogen (secondary N) is 1. The molecule has 0 atom stereocenters. The SMILES string of the molecule is NC(=O)c1cccc2cn(-c3ccc(C4CCN(C5CN(C6CNC6)C5)CC4)cc3)nc12. The molecule has 3 aliphatic heterocycles. The lowest BCUT2D eigenvalue weighted by atomic mass is 9.88. The fraction of sp³-hybridized carbons (Fsp3) is 0.440. The first-order valence-electron chi connectivity index (χ1n) is 11.7. The molecule has 3 fully saturated rings. The fourth-order valence-corrected chi connectivity index (χ4v) is 5.42. The molecule has 4 heterocycles. The Kier molecular flexibility index (Phi) is 4.97. The molecule has 0 saturated carbocycles. The second-order valence-corrected chi connectivity index (χ2v) is 9.50. The second-order valence-electron chi connectivity index (χ2n) is 9.50. The molecule has 0 unspecified atom stereocenters. The monoisotopic (exact) mass is 430 g/mol. The van der Waals surface area contributed by atoms with Crippen molar-refractivity contribution in [1.82, 2.24) is 24.9 Å². The van der Waals surface area contributed by atoms with Crippen molar-refractivity contribution in [2.75, 3.05) is 39.3 Å². The molecule has 0 radical (unpaired) electrons. The summed E-state index contributed by atoms with van der Waals surface area (Å²) >= 11 is 0. The molecule has 7 nitrogen and oxygen atoms in total. The minimum Gasteiger partial charge on any atom is -0.366 e. The molecule has 3 aromatic rings. The fourth-order valence-electron chi connectivity index (χ4n) is 5.42. The summed E-state index contributed by atoms with van der Waals surface area (Å²) in [5.41, 5.74) is 9.03. The lowest BCUT2D eigenvalue weighted by Crippen LogP contribution is -2.69. The van der Waals surface area contributed by atoms with Crippen molar-refractivity contribution in [2.24, 2.45) is 5.73 Å². The zero-order valence-electron chi connectivity index (χ0n) is 18.3. The van der Waals surface area contributed by atoms with Crippen molar-refractivity contribution >= 4 is 16.8 Å². The highest BCUT2D eigenvalue weighted by molar-refractivity contribution is 6.04. The largest absolute Gasteiger partial charge is 0.366 e. The van der Waals surface area contributed by atoms with Crippen molar-refractivity contribution in [1.29, 1.82) is 0 Å². The summed E-state index contributed by atoms with van der Waals surface area (Å²) < 4.78 is 1.84. The molecule has 1 amide bonds. The molecule has 3 aliphatic rings. The molecule has 2 aromatic carbocycles. The number of nitrogens with two attached hydrogens (primary N) is 1. The molecule has 0 spiro atoms. The Bertz CT molecular complexity index is 1120. The summed E-state index contributed by atoms with van der Waals surface area (Å²) in [4.78, 5) is 17.0. The molecule has 166 valence electrons. The topological polar surface area (TPSA) is 79.4 Å². The van der Waals surface area contributed by atoms with Gasteiger partial charge in [0.2, 0.25) is 0 Å². The Morgan fingerprint density at radius 1 is 0.969 bits per heavy atom. The summed E-state index contributed by atoms with van der Waals surface area (Å²) in [5.74, 6) is 0.183. The van der Waals surface area contributed by atoms with Crippen molar-refractivity contribution < 1.29 is 4.79 Å². The molecule has 6 rings (SSSR count). The van der Waals surface area contributed by atoms with E-state index < -0.39 is 5.91 Å². The number of primary amides is 1. The Balaban J connectivity index is 1.09. The number of carbonyl (C=O) groups excluding carboxylic acids is 1. The summed E-state index contributed by atoms with van der Waals surface area (Å²) in [7, 11) is 0.